The molecule has 0 aromatic heterocycles. The van der Waals surface area contributed by atoms with Crippen LogP contribution in [0.5, 0.6) is 5.75 Å². The van der Waals surface area contributed by atoms with Crippen molar-refractivity contribution in [2.24, 2.45) is 4.99 Å². The van der Waals surface area contributed by atoms with Crippen molar-refractivity contribution in [1.82, 2.24) is 15.1 Å². The van der Waals surface area contributed by atoms with E-state index in [1.165, 1.54) is 5.75 Å². The summed E-state index contributed by atoms with van der Waals surface area (Å²) in [6.07, 6.45) is 1.16. The molecule has 2 aliphatic rings. The SMILES string of the molecule is CN=C(NCC1(N2CCOCC2)CCSC1)N(C)Cc1ccc(OC(F)F)cc1.I. The van der Waals surface area contributed by atoms with Crippen molar-refractivity contribution >= 4 is 41.7 Å². The molecule has 10 heteroatoms. The van der Waals surface area contributed by atoms with Crippen LogP contribution in [-0.2, 0) is 11.3 Å². The monoisotopic (exact) mass is 556 g/mol. The molecule has 2 aliphatic heterocycles. The predicted molar refractivity (Wildman–Crippen MR) is 128 cm³/mol. The van der Waals surface area contributed by atoms with Gasteiger partial charge in [-0.15, -0.1) is 24.0 Å². The topological polar surface area (TPSA) is 49.3 Å². The summed E-state index contributed by atoms with van der Waals surface area (Å²) in [6, 6.07) is 6.72. The lowest BCUT2D eigenvalue weighted by atomic mass is 9.95. The lowest BCUT2D eigenvalue weighted by Gasteiger charge is -2.43. The summed E-state index contributed by atoms with van der Waals surface area (Å²) in [4.78, 5) is 9.04. The molecule has 170 valence electrons. The van der Waals surface area contributed by atoms with Gasteiger partial charge >= 0.3 is 6.61 Å². The molecule has 0 bridgehead atoms. The van der Waals surface area contributed by atoms with Gasteiger partial charge in [-0.05, 0) is 29.9 Å². The van der Waals surface area contributed by atoms with Crippen LogP contribution in [0.15, 0.2) is 29.3 Å². The summed E-state index contributed by atoms with van der Waals surface area (Å²) >= 11 is 2.01. The van der Waals surface area contributed by atoms with Crippen LogP contribution in [0.1, 0.15) is 12.0 Å². The average Bonchev–Trinajstić information content (AvgIpc) is 3.20. The summed E-state index contributed by atoms with van der Waals surface area (Å²) in [5.74, 6) is 3.29. The van der Waals surface area contributed by atoms with Crippen molar-refractivity contribution < 1.29 is 18.3 Å². The molecule has 1 aromatic carbocycles. The van der Waals surface area contributed by atoms with E-state index in [1.54, 1.807) is 31.3 Å². The first-order valence-corrected chi connectivity index (χ1v) is 11.0. The molecule has 30 heavy (non-hydrogen) atoms. The number of rotatable bonds is 7. The van der Waals surface area contributed by atoms with Crippen molar-refractivity contribution in [2.75, 3.05) is 58.4 Å². The largest absolute Gasteiger partial charge is 0.435 e. The Hall–Kier alpha value is -0.850. The first-order valence-electron chi connectivity index (χ1n) is 9.88. The maximum Gasteiger partial charge on any atom is 0.387 e. The van der Waals surface area contributed by atoms with E-state index >= 15 is 0 Å². The number of hydrogen-bond donors (Lipinski definition) is 1. The second kappa shape index (κ2) is 12.3. The maximum atomic E-state index is 12.3. The highest BCUT2D eigenvalue weighted by Crippen LogP contribution is 2.33. The number of morpholine rings is 1. The van der Waals surface area contributed by atoms with E-state index in [4.69, 9.17) is 4.74 Å². The highest BCUT2D eigenvalue weighted by molar-refractivity contribution is 14.0. The number of aliphatic imine (C=N–C) groups is 1. The van der Waals surface area contributed by atoms with Crippen LogP contribution in [0.25, 0.3) is 0 Å². The van der Waals surface area contributed by atoms with Gasteiger partial charge in [0.2, 0.25) is 0 Å². The quantitative estimate of drug-likeness (QED) is 0.317. The molecule has 1 aromatic rings. The Balaban J connectivity index is 0.00000320. The summed E-state index contributed by atoms with van der Waals surface area (Å²) in [5, 5.41) is 3.56. The number of guanidine groups is 1. The fraction of sp³-hybridized carbons (Fsp3) is 0.650. The Morgan fingerprint density at radius 1 is 1.33 bits per heavy atom. The summed E-state index contributed by atoms with van der Waals surface area (Å²) in [6.45, 7) is 2.21. The number of thioether (sulfide) groups is 1. The Kier molecular flexibility index (Phi) is 10.4. The Morgan fingerprint density at radius 3 is 2.60 bits per heavy atom. The molecule has 2 heterocycles. The molecule has 0 amide bonds. The fourth-order valence-corrected chi connectivity index (χ4v) is 5.37. The molecule has 1 N–H and O–H groups in total. The zero-order valence-corrected chi connectivity index (χ0v) is 20.6. The van der Waals surface area contributed by atoms with Gasteiger partial charge in [0.05, 0.1) is 13.2 Å². The van der Waals surface area contributed by atoms with Crippen LogP contribution in [0.3, 0.4) is 0 Å². The van der Waals surface area contributed by atoms with Gasteiger partial charge in [0.25, 0.3) is 0 Å². The number of alkyl halides is 2. The second-order valence-electron chi connectivity index (χ2n) is 7.41. The number of nitrogens with zero attached hydrogens (tertiary/aromatic N) is 3. The van der Waals surface area contributed by atoms with Gasteiger partial charge in [-0.25, -0.2) is 0 Å². The van der Waals surface area contributed by atoms with Crippen LogP contribution < -0.4 is 10.1 Å². The molecule has 2 fully saturated rings. The number of benzene rings is 1. The van der Waals surface area contributed by atoms with Gasteiger partial charge in [-0.3, -0.25) is 9.89 Å². The molecule has 1 atom stereocenters. The van der Waals surface area contributed by atoms with E-state index in [2.05, 4.69) is 19.9 Å². The standard InChI is InChI=1S/C20H30F2N4O2S.HI/c1-23-19(25(2)13-16-3-5-17(6-4-16)28-18(21)22)24-14-20(7-12-29-15-20)26-8-10-27-11-9-26;/h3-6,18H,7-15H2,1-2H3,(H,23,24);1H. The first kappa shape index (κ1) is 25.4. The van der Waals surface area contributed by atoms with E-state index in [-0.39, 0.29) is 35.3 Å². The Bertz CT molecular complexity index is 669. The minimum Gasteiger partial charge on any atom is -0.435 e. The molecular formula is C20H31F2IN4O2S. The van der Waals surface area contributed by atoms with Crippen molar-refractivity contribution in [3.63, 3.8) is 0 Å². The number of hydrogen-bond acceptors (Lipinski definition) is 5. The lowest BCUT2D eigenvalue weighted by molar-refractivity contribution is -0.0498. The zero-order chi connectivity index (χ0) is 20.7. The molecule has 0 spiro atoms. The zero-order valence-electron chi connectivity index (χ0n) is 17.5. The molecule has 0 radical (unpaired) electrons. The average molecular weight is 556 g/mol. The Morgan fingerprint density at radius 2 is 2.03 bits per heavy atom. The van der Waals surface area contributed by atoms with Crippen molar-refractivity contribution in [3.8, 4) is 5.75 Å². The highest BCUT2D eigenvalue weighted by atomic mass is 127. The maximum absolute atomic E-state index is 12.3. The number of halogens is 3. The van der Waals surface area contributed by atoms with Crippen LogP contribution in [0.2, 0.25) is 0 Å². The van der Waals surface area contributed by atoms with Crippen LogP contribution in [-0.4, -0.2) is 86.4 Å². The van der Waals surface area contributed by atoms with Gasteiger partial charge in [-0.1, -0.05) is 12.1 Å². The van der Waals surface area contributed by atoms with Crippen LogP contribution in [0, 0.1) is 0 Å². The third-order valence-electron chi connectivity index (χ3n) is 5.48. The minimum absolute atomic E-state index is 0. The van der Waals surface area contributed by atoms with Gasteiger partial charge in [0.1, 0.15) is 5.75 Å². The van der Waals surface area contributed by atoms with E-state index in [0.29, 0.717) is 6.54 Å². The van der Waals surface area contributed by atoms with Crippen LogP contribution >= 0.6 is 35.7 Å². The van der Waals surface area contributed by atoms with Gasteiger partial charge < -0.3 is 19.7 Å². The third-order valence-corrected chi connectivity index (χ3v) is 6.72. The third kappa shape index (κ3) is 6.83. The smallest absolute Gasteiger partial charge is 0.387 e. The predicted octanol–water partition coefficient (Wildman–Crippen LogP) is 3.12. The fourth-order valence-electron chi connectivity index (χ4n) is 3.89. The van der Waals surface area contributed by atoms with Gasteiger partial charge in [0.15, 0.2) is 5.96 Å². The van der Waals surface area contributed by atoms with Crippen molar-refractivity contribution in [1.29, 1.82) is 0 Å². The minimum atomic E-state index is -2.81. The van der Waals surface area contributed by atoms with E-state index in [9.17, 15) is 8.78 Å². The molecule has 0 aliphatic carbocycles. The number of nitrogens with one attached hydrogen (secondary N) is 1. The number of ether oxygens (including phenoxy) is 2. The van der Waals surface area contributed by atoms with E-state index < -0.39 is 6.61 Å². The molecule has 1 unspecified atom stereocenters. The van der Waals surface area contributed by atoms with Crippen LogP contribution in [0.4, 0.5) is 8.78 Å². The summed E-state index contributed by atoms with van der Waals surface area (Å²) < 4.78 is 34.5. The molecule has 3 rings (SSSR count). The molecular weight excluding hydrogens is 525 g/mol. The summed E-state index contributed by atoms with van der Waals surface area (Å²) in [5.41, 5.74) is 1.14. The normalized spacial score (nSPS) is 22.6. The Labute approximate surface area is 198 Å². The lowest BCUT2D eigenvalue weighted by Crippen LogP contribution is -2.60. The molecule has 2 saturated heterocycles. The van der Waals surface area contributed by atoms with E-state index in [0.717, 1.165) is 56.5 Å². The highest BCUT2D eigenvalue weighted by Gasteiger charge is 2.40. The van der Waals surface area contributed by atoms with Gasteiger partial charge in [-0.2, -0.15) is 20.5 Å². The van der Waals surface area contributed by atoms with E-state index in [1.807, 2.05) is 23.7 Å². The second-order valence-corrected chi connectivity index (χ2v) is 8.51. The van der Waals surface area contributed by atoms with Crippen molar-refractivity contribution in [3.05, 3.63) is 29.8 Å². The first-order chi connectivity index (χ1) is 14.0. The molecule has 0 saturated carbocycles. The van der Waals surface area contributed by atoms with Crippen molar-refractivity contribution in [2.45, 2.75) is 25.1 Å². The molecule has 6 nitrogen and oxygen atoms in total. The summed E-state index contributed by atoms with van der Waals surface area (Å²) in [7, 11) is 3.76. The van der Waals surface area contributed by atoms with Gasteiger partial charge in [0, 0.05) is 51.6 Å².